The van der Waals surface area contributed by atoms with Crippen molar-refractivity contribution >= 4 is 5.69 Å². The van der Waals surface area contributed by atoms with Crippen LogP contribution in [0, 0.1) is 5.82 Å². The van der Waals surface area contributed by atoms with Gasteiger partial charge in [0, 0.05) is 31.9 Å². The lowest BCUT2D eigenvalue weighted by molar-refractivity contribution is 0.471. The van der Waals surface area contributed by atoms with E-state index in [4.69, 9.17) is 10.5 Å². The first-order valence-corrected chi connectivity index (χ1v) is 6.95. The third-order valence-corrected chi connectivity index (χ3v) is 3.13. The molecule has 1 atom stereocenters. The summed E-state index contributed by atoms with van der Waals surface area (Å²) in [4.78, 5) is 2.00. The minimum Gasteiger partial charge on any atom is -0.457 e. The number of nitrogens with two attached hydrogens (primary N) is 1. The highest BCUT2D eigenvalue weighted by atomic mass is 19.1. The molecule has 2 N–H and O–H groups in total. The van der Waals surface area contributed by atoms with Crippen LogP contribution < -0.4 is 15.4 Å². The molecule has 0 radical (unpaired) electrons. The molecule has 0 heterocycles. The zero-order chi connectivity index (χ0) is 15.4. The topological polar surface area (TPSA) is 38.5 Å². The minimum absolute atomic E-state index is 0.0535. The summed E-state index contributed by atoms with van der Waals surface area (Å²) in [6, 6.07) is 12.2. The third kappa shape index (κ3) is 4.20. The van der Waals surface area contributed by atoms with Crippen LogP contribution in [0.3, 0.4) is 0 Å². The number of hydrogen-bond acceptors (Lipinski definition) is 3. The smallest absolute Gasteiger partial charge is 0.130 e. The number of ether oxygens (including phenoxy) is 1. The fourth-order valence-electron chi connectivity index (χ4n) is 2.11. The Hall–Kier alpha value is -2.07. The van der Waals surface area contributed by atoms with Crippen molar-refractivity contribution < 1.29 is 9.13 Å². The van der Waals surface area contributed by atoms with Gasteiger partial charge in [-0.15, -0.1) is 0 Å². The number of anilines is 1. The van der Waals surface area contributed by atoms with Crippen molar-refractivity contribution in [2.45, 2.75) is 19.4 Å². The summed E-state index contributed by atoms with van der Waals surface area (Å²) in [5, 5.41) is 0. The van der Waals surface area contributed by atoms with Gasteiger partial charge < -0.3 is 15.4 Å². The fraction of sp³-hybridized carbons (Fsp3) is 0.294. The summed E-state index contributed by atoms with van der Waals surface area (Å²) in [6.07, 6.45) is 0.570. The minimum atomic E-state index is -0.278. The second-order valence-electron chi connectivity index (χ2n) is 5.43. The molecule has 2 aromatic rings. The molecule has 0 aliphatic heterocycles. The van der Waals surface area contributed by atoms with Crippen LogP contribution in [0.25, 0.3) is 0 Å². The lowest BCUT2D eigenvalue weighted by Gasteiger charge is -2.16. The van der Waals surface area contributed by atoms with Gasteiger partial charge in [0.2, 0.25) is 0 Å². The van der Waals surface area contributed by atoms with Gasteiger partial charge >= 0.3 is 0 Å². The Kier molecular flexibility index (Phi) is 4.81. The van der Waals surface area contributed by atoms with Gasteiger partial charge in [-0.25, -0.2) is 4.39 Å². The maximum Gasteiger partial charge on any atom is 0.130 e. The van der Waals surface area contributed by atoms with Crippen molar-refractivity contribution in [3.8, 4) is 11.5 Å². The first kappa shape index (κ1) is 15.3. The quantitative estimate of drug-likeness (QED) is 0.914. The van der Waals surface area contributed by atoms with E-state index in [1.165, 1.54) is 12.1 Å². The highest BCUT2D eigenvalue weighted by molar-refractivity contribution is 5.50. The molecule has 0 fully saturated rings. The third-order valence-electron chi connectivity index (χ3n) is 3.13. The van der Waals surface area contributed by atoms with Crippen LogP contribution in [0.5, 0.6) is 11.5 Å². The molecule has 0 aliphatic carbocycles. The summed E-state index contributed by atoms with van der Waals surface area (Å²) in [7, 11) is 3.94. The molecule has 0 bridgehead atoms. The number of rotatable bonds is 5. The van der Waals surface area contributed by atoms with Crippen LogP contribution >= 0.6 is 0 Å². The molecule has 0 amide bonds. The predicted octanol–water partition coefficient (Wildman–Crippen LogP) is 3.57. The van der Waals surface area contributed by atoms with Gasteiger partial charge in [0.25, 0.3) is 0 Å². The molecular formula is C17H21FN2O. The van der Waals surface area contributed by atoms with Crippen LogP contribution in [0.2, 0.25) is 0 Å². The molecule has 0 saturated carbocycles. The van der Waals surface area contributed by atoms with E-state index in [9.17, 15) is 4.39 Å². The summed E-state index contributed by atoms with van der Waals surface area (Å²) in [5.74, 6) is 1.09. The standard InChI is InChI=1S/C17H21FN2O/c1-12(19)9-13-10-14(18)7-8-17(13)21-16-6-4-5-15(11-16)20(2)3/h4-8,10-12H,9,19H2,1-3H3. The zero-order valence-electron chi connectivity index (χ0n) is 12.6. The summed E-state index contributed by atoms with van der Waals surface area (Å²) >= 11 is 0. The van der Waals surface area contributed by atoms with Gasteiger partial charge in [0.05, 0.1) is 0 Å². The van der Waals surface area contributed by atoms with Gasteiger partial charge in [-0.1, -0.05) is 6.07 Å². The van der Waals surface area contributed by atoms with Crippen LogP contribution in [-0.4, -0.2) is 20.1 Å². The molecule has 2 rings (SSSR count). The number of halogens is 1. The van der Waals surface area contributed by atoms with E-state index in [1.807, 2.05) is 50.2 Å². The normalized spacial score (nSPS) is 12.0. The number of nitrogens with zero attached hydrogens (tertiary/aromatic N) is 1. The molecule has 2 aromatic carbocycles. The molecule has 1 unspecified atom stereocenters. The van der Waals surface area contributed by atoms with Crippen LogP contribution in [0.15, 0.2) is 42.5 Å². The Balaban J connectivity index is 2.28. The van der Waals surface area contributed by atoms with Crippen molar-refractivity contribution in [1.82, 2.24) is 0 Å². The van der Waals surface area contributed by atoms with Gasteiger partial charge in [-0.2, -0.15) is 0 Å². The van der Waals surface area contributed by atoms with E-state index in [0.29, 0.717) is 12.2 Å². The van der Waals surface area contributed by atoms with E-state index >= 15 is 0 Å². The predicted molar refractivity (Wildman–Crippen MR) is 84.6 cm³/mol. The molecule has 0 saturated heterocycles. The van der Waals surface area contributed by atoms with E-state index in [1.54, 1.807) is 6.07 Å². The molecule has 0 aliphatic rings. The maximum atomic E-state index is 13.4. The van der Waals surface area contributed by atoms with Crippen molar-refractivity contribution in [2.24, 2.45) is 5.73 Å². The Morgan fingerprint density at radius 3 is 2.62 bits per heavy atom. The van der Waals surface area contributed by atoms with E-state index in [0.717, 1.165) is 17.0 Å². The largest absolute Gasteiger partial charge is 0.457 e. The van der Waals surface area contributed by atoms with Crippen LogP contribution in [-0.2, 0) is 6.42 Å². The fourth-order valence-corrected chi connectivity index (χ4v) is 2.11. The Morgan fingerprint density at radius 1 is 1.19 bits per heavy atom. The Morgan fingerprint density at radius 2 is 1.95 bits per heavy atom. The van der Waals surface area contributed by atoms with Gasteiger partial charge in [-0.3, -0.25) is 0 Å². The van der Waals surface area contributed by atoms with Crippen LogP contribution in [0.4, 0.5) is 10.1 Å². The average Bonchev–Trinajstić information content (AvgIpc) is 2.41. The number of hydrogen-bond donors (Lipinski definition) is 1. The molecule has 21 heavy (non-hydrogen) atoms. The Labute approximate surface area is 125 Å². The highest BCUT2D eigenvalue weighted by Gasteiger charge is 2.09. The van der Waals surface area contributed by atoms with Crippen molar-refractivity contribution in [2.75, 3.05) is 19.0 Å². The summed E-state index contributed by atoms with van der Waals surface area (Å²) < 4.78 is 19.3. The van der Waals surface area contributed by atoms with E-state index < -0.39 is 0 Å². The lowest BCUT2D eigenvalue weighted by Crippen LogP contribution is -2.18. The SMILES string of the molecule is CC(N)Cc1cc(F)ccc1Oc1cccc(N(C)C)c1. The monoisotopic (exact) mass is 288 g/mol. The molecule has 112 valence electrons. The second kappa shape index (κ2) is 6.59. The summed E-state index contributed by atoms with van der Waals surface area (Å²) in [6.45, 7) is 1.89. The second-order valence-corrected chi connectivity index (χ2v) is 5.43. The first-order valence-electron chi connectivity index (χ1n) is 6.95. The zero-order valence-corrected chi connectivity index (χ0v) is 12.6. The highest BCUT2D eigenvalue weighted by Crippen LogP contribution is 2.29. The number of benzene rings is 2. The summed E-state index contributed by atoms with van der Waals surface area (Å²) in [5.41, 5.74) is 7.64. The van der Waals surface area contributed by atoms with Crippen LogP contribution in [0.1, 0.15) is 12.5 Å². The van der Waals surface area contributed by atoms with Gasteiger partial charge in [0.15, 0.2) is 0 Å². The molecule has 3 nitrogen and oxygen atoms in total. The maximum absolute atomic E-state index is 13.4. The first-order chi connectivity index (χ1) is 9.95. The molecule has 4 heteroatoms. The molecule has 0 spiro atoms. The molecular weight excluding hydrogens is 267 g/mol. The average molecular weight is 288 g/mol. The van der Waals surface area contributed by atoms with E-state index in [-0.39, 0.29) is 11.9 Å². The van der Waals surface area contributed by atoms with Crippen molar-refractivity contribution in [3.05, 3.63) is 53.8 Å². The van der Waals surface area contributed by atoms with Crippen molar-refractivity contribution in [3.63, 3.8) is 0 Å². The van der Waals surface area contributed by atoms with Gasteiger partial charge in [-0.05, 0) is 49.2 Å². The Bertz CT molecular complexity index is 611. The van der Waals surface area contributed by atoms with Gasteiger partial charge in [0.1, 0.15) is 17.3 Å². The molecule has 0 aromatic heterocycles. The van der Waals surface area contributed by atoms with Crippen molar-refractivity contribution in [1.29, 1.82) is 0 Å². The lowest BCUT2D eigenvalue weighted by atomic mass is 10.1. The van der Waals surface area contributed by atoms with E-state index in [2.05, 4.69) is 0 Å².